The minimum atomic E-state index is -1.71. The molecule has 0 unspecified atom stereocenters. The van der Waals surface area contributed by atoms with Crippen molar-refractivity contribution in [2.45, 2.75) is 52.4 Å². The molecule has 0 bridgehead atoms. The van der Waals surface area contributed by atoms with Crippen LogP contribution in [0.4, 0.5) is 0 Å². The molecule has 0 radical (unpaired) electrons. The maximum Gasteiger partial charge on any atom is 0.192 e. The first-order valence-electron chi connectivity index (χ1n) is 6.31. The molecule has 0 atom stereocenters. The Hall–Kier alpha value is -0.943. The van der Waals surface area contributed by atoms with Crippen LogP contribution >= 0.6 is 0 Å². The van der Waals surface area contributed by atoms with Crippen LogP contribution in [0.25, 0.3) is 0 Å². The molecule has 0 aliphatic rings. The van der Waals surface area contributed by atoms with Crippen LogP contribution in [0.3, 0.4) is 0 Å². The van der Waals surface area contributed by atoms with Crippen molar-refractivity contribution in [3.05, 3.63) is 17.5 Å². The Balaban J connectivity index is 2.59. The van der Waals surface area contributed by atoms with E-state index in [1.807, 2.05) is 6.92 Å². The van der Waals surface area contributed by atoms with Crippen LogP contribution in [-0.4, -0.2) is 31.0 Å². The van der Waals surface area contributed by atoms with Gasteiger partial charge in [-0.05, 0) is 31.1 Å². The number of aldehydes is 1. The molecule has 0 fully saturated rings. The van der Waals surface area contributed by atoms with Gasteiger partial charge < -0.3 is 4.43 Å². The third-order valence-corrected chi connectivity index (χ3v) is 8.16. The second-order valence-corrected chi connectivity index (χ2v) is 11.0. The van der Waals surface area contributed by atoms with E-state index in [0.717, 1.165) is 12.0 Å². The van der Waals surface area contributed by atoms with Crippen LogP contribution in [0.1, 0.15) is 37.0 Å². The zero-order chi connectivity index (χ0) is 14.0. The summed E-state index contributed by atoms with van der Waals surface area (Å²) in [5.41, 5.74) is 1.48. The normalized spacial score (nSPS) is 12.8. The molecule has 4 nitrogen and oxygen atoms in total. The van der Waals surface area contributed by atoms with Gasteiger partial charge in [0.1, 0.15) is 5.69 Å². The van der Waals surface area contributed by atoms with Gasteiger partial charge in [-0.25, -0.2) is 0 Å². The quantitative estimate of drug-likeness (QED) is 0.609. The fraction of sp³-hybridized carbons (Fsp3) is 0.692. The van der Waals surface area contributed by atoms with Crippen LogP contribution < -0.4 is 0 Å². The van der Waals surface area contributed by atoms with Gasteiger partial charge in [0.15, 0.2) is 14.6 Å². The van der Waals surface area contributed by atoms with Gasteiger partial charge in [0.2, 0.25) is 0 Å². The summed E-state index contributed by atoms with van der Waals surface area (Å²) in [5, 5.41) is 4.49. The fourth-order valence-corrected chi connectivity index (χ4v) is 2.48. The maximum absolute atomic E-state index is 10.9. The van der Waals surface area contributed by atoms with Crippen LogP contribution in [0.15, 0.2) is 6.07 Å². The summed E-state index contributed by atoms with van der Waals surface area (Å²) in [7, 11) is -1.71. The molecule has 5 heteroatoms. The second kappa shape index (κ2) is 5.36. The smallest absolute Gasteiger partial charge is 0.192 e. The molecule has 0 aromatic carbocycles. The molecule has 1 rings (SSSR count). The lowest BCUT2D eigenvalue weighted by molar-refractivity contribution is 0.111. The van der Waals surface area contributed by atoms with Crippen LogP contribution in [0, 0.1) is 6.92 Å². The second-order valence-electron chi connectivity index (χ2n) is 6.16. The zero-order valence-corrected chi connectivity index (χ0v) is 13.3. The topological polar surface area (TPSA) is 44.1 Å². The first kappa shape index (κ1) is 15.1. The van der Waals surface area contributed by atoms with Gasteiger partial charge in [-0.2, -0.15) is 5.10 Å². The molecule has 1 heterocycles. The molecule has 18 heavy (non-hydrogen) atoms. The molecule has 0 spiro atoms. The van der Waals surface area contributed by atoms with Crippen molar-refractivity contribution in [1.82, 2.24) is 9.78 Å². The van der Waals surface area contributed by atoms with Crippen LogP contribution in [0.2, 0.25) is 18.1 Å². The molecule has 1 aromatic rings. The van der Waals surface area contributed by atoms with Gasteiger partial charge >= 0.3 is 0 Å². The van der Waals surface area contributed by atoms with E-state index in [1.165, 1.54) is 0 Å². The van der Waals surface area contributed by atoms with Crippen molar-refractivity contribution in [2.24, 2.45) is 0 Å². The third-order valence-electron chi connectivity index (χ3n) is 3.63. The Morgan fingerprint density at radius 1 is 1.44 bits per heavy atom. The maximum atomic E-state index is 10.9. The summed E-state index contributed by atoms with van der Waals surface area (Å²) in [4.78, 5) is 10.9. The lowest BCUT2D eigenvalue weighted by Crippen LogP contribution is -2.41. The number of aryl methyl sites for hydroxylation is 1. The number of carbonyl (C=O) groups is 1. The molecule has 0 N–H and O–H groups in total. The van der Waals surface area contributed by atoms with Gasteiger partial charge in [0.25, 0.3) is 0 Å². The Morgan fingerprint density at radius 3 is 2.56 bits per heavy atom. The lowest BCUT2D eigenvalue weighted by Gasteiger charge is -2.36. The fourth-order valence-electron chi connectivity index (χ4n) is 1.44. The Bertz CT molecular complexity index is 419. The average molecular weight is 268 g/mol. The van der Waals surface area contributed by atoms with Crippen molar-refractivity contribution in [2.75, 3.05) is 6.61 Å². The Morgan fingerprint density at radius 2 is 2.06 bits per heavy atom. The minimum absolute atomic E-state index is 0.209. The van der Waals surface area contributed by atoms with Crippen LogP contribution in [-0.2, 0) is 11.0 Å². The summed E-state index contributed by atoms with van der Waals surface area (Å²) in [6.45, 7) is 14.2. The largest absolute Gasteiger partial charge is 0.415 e. The summed E-state index contributed by atoms with van der Waals surface area (Å²) in [6, 6.07) is 1.79. The zero-order valence-electron chi connectivity index (χ0n) is 12.3. The highest BCUT2D eigenvalue weighted by atomic mass is 28.4. The minimum Gasteiger partial charge on any atom is -0.415 e. The number of carbonyl (C=O) groups excluding carboxylic acids is 1. The van der Waals surface area contributed by atoms with Crippen molar-refractivity contribution >= 4 is 14.6 Å². The monoisotopic (exact) mass is 268 g/mol. The van der Waals surface area contributed by atoms with Crippen LogP contribution in [0.5, 0.6) is 0 Å². The molecular formula is C13H24N2O2Si. The summed E-state index contributed by atoms with van der Waals surface area (Å²) in [6.07, 6.45) is 0.840. The average Bonchev–Trinajstić information content (AvgIpc) is 2.57. The molecule has 1 aromatic heterocycles. The molecule has 0 saturated heterocycles. The molecule has 0 amide bonds. The van der Waals surface area contributed by atoms with E-state index < -0.39 is 8.32 Å². The molecule has 102 valence electrons. The van der Waals surface area contributed by atoms with E-state index in [0.29, 0.717) is 18.8 Å². The first-order chi connectivity index (χ1) is 8.17. The van der Waals surface area contributed by atoms with Crippen molar-refractivity contribution in [3.63, 3.8) is 0 Å². The number of hydrogen-bond donors (Lipinski definition) is 0. The van der Waals surface area contributed by atoms with E-state index in [4.69, 9.17) is 4.43 Å². The number of hydrogen-bond acceptors (Lipinski definition) is 3. The van der Waals surface area contributed by atoms with Gasteiger partial charge in [-0.3, -0.25) is 9.48 Å². The Kier molecular flexibility index (Phi) is 4.50. The van der Waals surface area contributed by atoms with Gasteiger partial charge in [0.05, 0.1) is 18.8 Å². The number of rotatable bonds is 5. The van der Waals surface area contributed by atoms with Crippen molar-refractivity contribution in [1.29, 1.82) is 0 Å². The highest BCUT2D eigenvalue weighted by Crippen LogP contribution is 2.36. The standard InChI is InChI=1S/C13H24N2O2Si/c1-11-9-12(10-16)15(14-11)7-8-17-18(5,6)13(2,3)4/h9-10H,7-8H2,1-6H3. The molecule has 0 aliphatic heterocycles. The van der Waals surface area contributed by atoms with Gasteiger partial charge in [-0.15, -0.1) is 0 Å². The first-order valence-corrected chi connectivity index (χ1v) is 9.22. The van der Waals surface area contributed by atoms with E-state index >= 15 is 0 Å². The van der Waals surface area contributed by atoms with E-state index in [9.17, 15) is 4.79 Å². The molecule has 0 aliphatic carbocycles. The van der Waals surface area contributed by atoms with E-state index in [2.05, 4.69) is 39.0 Å². The lowest BCUT2D eigenvalue weighted by atomic mass is 10.2. The predicted molar refractivity (Wildman–Crippen MR) is 75.5 cm³/mol. The summed E-state index contributed by atoms with van der Waals surface area (Å²) in [5.74, 6) is 0. The molecule has 0 saturated carbocycles. The van der Waals surface area contributed by atoms with E-state index in [-0.39, 0.29) is 5.04 Å². The van der Waals surface area contributed by atoms with Gasteiger partial charge in [0, 0.05) is 0 Å². The summed E-state index contributed by atoms with van der Waals surface area (Å²) < 4.78 is 7.79. The molecular weight excluding hydrogens is 244 g/mol. The van der Waals surface area contributed by atoms with Crippen molar-refractivity contribution in [3.8, 4) is 0 Å². The summed E-state index contributed by atoms with van der Waals surface area (Å²) >= 11 is 0. The van der Waals surface area contributed by atoms with Gasteiger partial charge in [-0.1, -0.05) is 20.8 Å². The number of aromatic nitrogens is 2. The Labute approximate surface area is 110 Å². The highest BCUT2D eigenvalue weighted by molar-refractivity contribution is 6.74. The number of nitrogens with zero attached hydrogens (tertiary/aromatic N) is 2. The third kappa shape index (κ3) is 3.52. The van der Waals surface area contributed by atoms with Crippen molar-refractivity contribution < 1.29 is 9.22 Å². The van der Waals surface area contributed by atoms with E-state index in [1.54, 1.807) is 10.7 Å². The highest BCUT2D eigenvalue weighted by Gasteiger charge is 2.36. The SMILES string of the molecule is Cc1cc(C=O)n(CCO[Si](C)(C)C(C)(C)C)n1. The predicted octanol–water partition coefficient (Wildman–Crippen LogP) is 3.03.